The van der Waals surface area contributed by atoms with Crippen LogP contribution in [0.15, 0.2) is 36.0 Å². The lowest BCUT2D eigenvalue weighted by molar-refractivity contribution is -0.134. The number of hydrogen-bond acceptors (Lipinski definition) is 6. The molecule has 1 aliphatic rings. The lowest BCUT2D eigenvalue weighted by atomic mass is 10.1. The van der Waals surface area contributed by atoms with Crippen molar-refractivity contribution in [3.8, 4) is 11.1 Å². The van der Waals surface area contributed by atoms with Crippen LogP contribution in [0.3, 0.4) is 0 Å². The van der Waals surface area contributed by atoms with Gasteiger partial charge in [0.1, 0.15) is 22.8 Å². The third-order valence-corrected chi connectivity index (χ3v) is 5.41. The van der Waals surface area contributed by atoms with E-state index in [0.717, 1.165) is 21.3 Å². The van der Waals surface area contributed by atoms with Gasteiger partial charge in [-0.3, -0.25) is 4.79 Å². The topological polar surface area (TPSA) is 67.4 Å². The zero-order valence-electron chi connectivity index (χ0n) is 14.7. The fourth-order valence-corrected chi connectivity index (χ4v) is 4.03. The van der Waals surface area contributed by atoms with Gasteiger partial charge >= 0.3 is 0 Å². The Kier molecular flexibility index (Phi) is 5.26. The van der Waals surface area contributed by atoms with Gasteiger partial charge in [-0.1, -0.05) is 12.1 Å². The third-order valence-electron chi connectivity index (χ3n) is 4.52. The van der Waals surface area contributed by atoms with Crippen LogP contribution in [0.2, 0.25) is 0 Å². The number of carbonyl (C=O) groups excluding carboxylic acids is 1. The van der Waals surface area contributed by atoms with Crippen molar-refractivity contribution in [1.29, 1.82) is 0 Å². The lowest BCUT2D eigenvalue weighted by Crippen LogP contribution is -2.41. The smallest absolute Gasteiger partial charge is 0.224 e. The van der Waals surface area contributed by atoms with E-state index in [0.29, 0.717) is 45.1 Å². The Morgan fingerprint density at radius 2 is 2.00 bits per heavy atom. The second-order valence-electron chi connectivity index (χ2n) is 6.23. The number of benzene rings is 1. The zero-order valence-corrected chi connectivity index (χ0v) is 15.5. The van der Waals surface area contributed by atoms with Gasteiger partial charge in [0.05, 0.1) is 18.6 Å². The van der Waals surface area contributed by atoms with Crippen LogP contribution in [0.5, 0.6) is 0 Å². The molecule has 8 heteroatoms. The first-order valence-corrected chi connectivity index (χ1v) is 9.68. The molecule has 6 nitrogen and oxygen atoms in total. The number of halogens is 1. The molecule has 0 spiro atoms. The molecule has 0 saturated carbocycles. The molecule has 1 amide bonds. The maximum Gasteiger partial charge on any atom is 0.224 e. The number of thiophene rings is 1. The number of anilines is 1. The van der Waals surface area contributed by atoms with E-state index >= 15 is 0 Å². The highest BCUT2D eigenvalue weighted by atomic mass is 32.1. The van der Waals surface area contributed by atoms with E-state index in [1.807, 2.05) is 10.3 Å². The monoisotopic (exact) mass is 386 g/mol. The number of amides is 1. The van der Waals surface area contributed by atoms with Crippen LogP contribution >= 0.6 is 11.3 Å². The average Bonchev–Trinajstić information content (AvgIpc) is 3.14. The predicted molar refractivity (Wildman–Crippen MR) is 103 cm³/mol. The fraction of sp³-hybridized carbons (Fsp3) is 0.316. The summed E-state index contributed by atoms with van der Waals surface area (Å²) in [6.45, 7) is 2.98. The highest BCUT2D eigenvalue weighted by molar-refractivity contribution is 7.17. The predicted octanol–water partition coefficient (Wildman–Crippen LogP) is 3.16. The van der Waals surface area contributed by atoms with Crippen molar-refractivity contribution in [3.63, 3.8) is 0 Å². The van der Waals surface area contributed by atoms with Gasteiger partial charge in [-0.2, -0.15) is 0 Å². The van der Waals surface area contributed by atoms with Crippen LogP contribution in [0.4, 0.5) is 10.2 Å². The maximum absolute atomic E-state index is 13.2. The summed E-state index contributed by atoms with van der Waals surface area (Å²) in [7, 11) is 0. The van der Waals surface area contributed by atoms with E-state index in [2.05, 4.69) is 15.3 Å². The quantitative estimate of drug-likeness (QED) is 0.730. The van der Waals surface area contributed by atoms with Crippen molar-refractivity contribution in [2.24, 2.45) is 0 Å². The minimum atomic E-state index is -0.269. The van der Waals surface area contributed by atoms with Crippen LogP contribution in [-0.2, 0) is 9.53 Å². The Balaban J connectivity index is 1.51. The van der Waals surface area contributed by atoms with E-state index in [4.69, 9.17) is 4.74 Å². The summed E-state index contributed by atoms with van der Waals surface area (Å²) in [6.07, 6.45) is 1.90. The minimum Gasteiger partial charge on any atom is -0.378 e. The highest BCUT2D eigenvalue weighted by Gasteiger charge is 2.17. The number of hydrogen-bond donors (Lipinski definition) is 1. The Labute approximate surface area is 160 Å². The molecule has 3 heterocycles. The molecule has 27 heavy (non-hydrogen) atoms. The standard InChI is InChI=1S/C19H19FN4O2S/c20-14-3-1-13(2-4-14)15-11-27-19-17(15)18(22-12-23-19)21-6-5-16(25)24-7-9-26-10-8-24/h1-4,11-12H,5-10H2,(H,21,22,23). The third kappa shape index (κ3) is 3.91. The average molecular weight is 386 g/mol. The first-order valence-electron chi connectivity index (χ1n) is 8.80. The van der Waals surface area contributed by atoms with Gasteiger partial charge in [-0.15, -0.1) is 11.3 Å². The molecular formula is C19H19FN4O2S. The van der Waals surface area contributed by atoms with E-state index in [9.17, 15) is 9.18 Å². The number of rotatable bonds is 5. The van der Waals surface area contributed by atoms with Gasteiger partial charge in [0.2, 0.25) is 5.91 Å². The molecule has 1 aromatic carbocycles. The number of morpholine rings is 1. The van der Waals surface area contributed by atoms with Gasteiger partial charge in [-0.25, -0.2) is 14.4 Å². The molecule has 1 aliphatic heterocycles. The minimum absolute atomic E-state index is 0.111. The van der Waals surface area contributed by atoms with Crippen molar-refractivity contribution in [1.82, 2.24) is 14.9 Å². The lowest BCUT2D eigenvalue weighted by Gasteiger charge is -2.26. The van der Waals surface area contributed by atoms with E-state index in [-0.39, 0.29) is 11.7 Å². The number of nitrogens with one attached hydrogen (secondary N) is 1. The number of nitrogens with zero attached hydrogens (tertiary/aromatic N) is 3. The fourth-order valence-electron chi connectivity index (χ4n) is 3.11. The van der Waals surface area contributed by atoms with Crippen molar-refractivity contribution < 1.29 is 13.9 Å². The van der Waals surface area contributed by atoms with Crippen molar-refractivity contribution in [3.05, 3.63) is 41.8 Å². The molecule has 0 bridgehead atoms. The Morgan fingerprint density at radius 1 is 1.22 bits per heavy atom. The molecule has 1 saturated heterocycles. The largest absolute Gasteiger partial charge is 0.378 e. The van der Waals surface area contributed by atoms with Gasteiger partial charge in [0.15, 0.2) is 0 Å². The van der Waals surface area contributed by atoms with Gasteiger partial charge < -0.3 is 15.0 Å². The second kappa shape index (κ2) is 7.98. The summed E-state index contributed by atoms with van der Waals surface area (Å²) >= 11 is 1.52. The van der Waals surface area contributed by atoms with Crippen LogP contribution in [0, 0.1) is 5.82 Å². The Bertz CT molecular complexity index is 939. The highest BCUT2D eigenvalue weighted by Crippen LogP contribution is 2.36. The molecule has 4 rings (SSSR count). The molecule has 0 atom stereocenters. The van der Waals surface area contributed by atoms with E-state index < -0.39 is 0 Å². The molecular weight excluding hydrogens is 367 g/mol. The first-order chi connectivity index (χ1) is 13.2. The Hall–Kier alpha value is -2.58. The van der Waals surface area contributed by atoms with Crippen LogP contribution in [-0.4, -0.2) is 53.6 Å². The van der Waals surface area contributed by atoms with Crippen LogP contribution in [0.25, 0.3) is 21.3 Å². The molecule has 0 radical (unpaired) electrons. The first kappa shape index (κ1) is 17.8. The van der Waals surface area contributed by atoms with Crippen LogP contribution < -0.4 is 5.32 Å². The molecule has 3 aromatic rings. The summed E-state index contributed by atoms with van der Waals surface area (Å²) in [5.74, 6) is 0.532. The number of fused-ring (bicyclic) bond motifs is 1. The van der Waals surface area contributed by atoms with Gasteiger partial charge in [0.25, 0.3) is 0 Å². The second-order valence-corrected chi connectivity index (χ2v) is 7.09. The van der Waals surface area contributed by atoms with E-state index in [1.54, 1.807) is 12.1 Å². The zero-order chi connectivity index (χ0) is 18.6. The molecule has 2 aromatic heterocycles. The molecule has 0 unspecified atom stereocenters. The Morgan fingerprint density at radius 3 is 2.78 bits per heavy atom. The molecule has 140 valence electrons. The maximum atomic E-state index is 13.2. The number of ether oxygens (including phenoxy) is 1. The summed E-state index contributed by atoms with van der Waals surface area (Å²) in [5, 5.41) is 6.16. The van der Waals surface area contributed by atoms with E-state index in [1.165, 1.54) is 29.8 Å². The van der Waals surface area contributed by atoms with Crippen LogP contribution in [0.1, 0.15) is 6.42 Å². The molecule has 0 aliphatic carbocycles. The normalized spacial score (nSPS) is 14.5. The summed E-state index contributed by atoms with van der Waals surface area (Å²) in [4.78, 5) is 23.7. The van der Waals surface area contributed by atoms with Crippen molar-refractivity contribution >= 4 is 33.3 Å². The summed E-state index contributed by atoms with van der Waals surface area (Å²) in [6, 6.07) is 6.37. The van der Waals surface area contributed by atoms with Gasteiger partial charge in [-0.05, 0) is 17.7 Å². The summed E-state index contributed by atoms with van der Waals surface area (Å²) in [5.41, 5.74) is 1.86. The summed E-state index contributed by atoms with van der Waals surface area (Å²) < 4.78 is 18.5. The molecule has 1 N–H and O–H groups in total. The number of aromatic nitrogens is 2. The SMILES string of the molecule is O=C(CCNc1ncnc2scc(-c3ccc(F)cc3)c12)N1CCOCC1. The van der Waals surface area contributed by atoms with Gasteiger partial charge in [0, 0.05) is 37.0 Å². The number of carbonyl (C=O) groups is 1. The molecule has 1 fully saturated rings. The van der Waals surface area contributed by atoms with Crippen molar-refractivity contribution in [2.75, 3.05) is 38.2 Å². The van der Waals surface area contributed by atoms with Crippen molar-refractivity contribution in [2.45, 2.75) is 6.42 Å².